The molecule has 1 aliphatic rings. The van der Waals surface area contributed by atoms with Crippen molar-refractivity contribution in [1.29, 1.82) is 10.5 Å². The van der Waals surface area contributed by atoms with Crippen LogP contribution in [0.2, 0.25) is 0 Å². The zero-order chi connectivity index (χ0) is 15.6. The van der Waals surface area contributed by atoms with Crippen molar-refractivity contribution in [3.63, 3.8) is 0 Å². The van der Waals surface area contributed by atoms with Gasteiger partial charge in [-0.3, -0.25) is 0 Å². The van der Waals surface area contributed by atoms with E-state index in [1.165, 1.54) is 19.3 Å². The number of hydrogen-bond donors (Lipinski definition) is 0. The largest absolute Gasteiger partial charge is 0.374 e. The van der Waals surface area contributed by atoms with Crippen LogP contribution in [-0.2, 0) is 11.3 Å². The number of allylic oxidation sites excluding steroid dienone is 2. The van der Waals surface area contributed by atoms with Crippen LogP contribution in [0.5, 0.6) is 0 Å². The Labute approximate surface area is 132 Å². The highest BCUT2D eigenvalue weighted by Crippen LogP contribution is 2.30. The van der Waals surface area contributed by atoms with Gasteiger partial charge in [-0.2, -0.15) is 10.5 Å². The smallest absolute Gasteiger partial charge is 0.0991 e. The molecule has 0 unspecified atom stereocenters. The Morgan fingerprint density at radius 1 is 1.09 bits per heavy atom. The third-order valence-electron chi connectivity index (χ3n) is 4.30. The molecule has 3 heteroatoms. The van der Waals surface area contributed by atoms with Crippen molar-refractivity contribution in [3.8, 4) is 12.1 Å². The Kier molecular flexibility index (Phi) is 6.68. The Morgan fingerprint density at radius 2 is 1.82 bits per heavy atom. The number of rotatable bonds is 6. The van der Waals surface area contributed by atoms with E-state index in [1.54, 1.807) is 6.08 Å². The maximum absolute atomic E-state index is 8.78. The summed E-state index contributed by atoms with van der Waals surface area (Å²) in [4.78, 5) is 0. The molecule has 1 aliphatic carbocycles. The first kappa shape index (κ1) is 16.3. The first-order valence-corrected chi connectivity index (χ1v) is 7.97. The molecule has 0 spiro atoms. The van der Waals surface area contributed by atoms with Crippen LogP contribution in [0, 0.1) is 28.6 Å². The maximum Gasteiger partial charge on any atom is 0.0991 e. The lowest BCUT2D eigenvalue weighted by molar-refractivity contribution is 0.00647. The Hall–Kier alpha value is -2.10. The minimum Gasteiger partial charge on any atom is -0.374 e. The minimum absolute atomic E-state index is 0.363. The molecular weight excluding hydrogens is 272 g/mol. The molecule has 0 aromatic heterocycles. The van der Waals surface area contributed by atoms with Gasteiger partial charge in [0.05, 0.1) is 30.4 Å². The lowest BCUT2D eigenvalue weighted by Crippen LogP contribution is -2.21. The minimum atomic E-state index is 0.363. The maximum atomic E-state index is 8.78. The van der Waals surface area contributed by atoms with E-state index >= 15 is 0 Å². The average molecular weight is 294 g/mol. The summed E-state index contributed by atoms with van der Waals surface area (Å²) in [6.45, 7) is 0.631. The molecule has 0 atom stereocenters. The summed E-state index contributed by atoms with van der Waals surface area (Å²) in [5.41, 5.74) is 1.82. The van der Waals surface area contributed by atoms with Gasteiger partial charge in [-0.15, -0.1) is 0 Å². The lowest BCUT2D eigenvalue weighted by Gasteiger charge is -2.28. The number of nitrogens with zero attached hydrogens (tertiary/aromatic N) is 2. The molecule has 1 aromatic rings. The molecular formula is C19H22N2O. The molecule has 1 fully saturated rings. The second-order valence-electron chi connectivity index (χ2n) is 5.87. The van der Waals surface area contributed by atoms with Crippen molar-refractivity contribution in [3.05, 3.63) is 47.5 Å². The lowest BCUT2D eigenvalue weighted by atomic mass is 9.84. The van der Waals surface area contributed by atoms with Crippen LogP contribution in [0.4, 0.5) is 0 Å². The van der Waals surface area contributed by atoms with Crippen LogP contribution in [0.1, 0.15) is 49.7 Å². The molecule has 0 bridgehead atoms. The molecule has 1 saturated carbocycles. The predicted octanol–water partition coefficient (Wildman–Crippen LogP) is 4.49. The van der Waals surface area contributed by atoms with Gasteiger partial charge in [-0.25, -0.2) is 0 Å². The summed E-state index contributed by atoms with van der Waals surface area (Å²) in [5.74, 6) is 0.776. The van der Waals surface area contributed by atoms with E-state index in [1.807, 2.05) is 36.4 Å². The third-order valence-corrected chi connectivity index (χ3v) is 4.30. The molecule has 0 heterocycles. The third kappa shape index (κ3) is 5.35. The predicted molar refractivity (Wildman–Crippen MR) is 85.7 cm³/mol. The van der Waals surface area contributed by atoms with Crippen LogP contribution in [0.15, 0.2) is 36.4 Å². The molecule has 0 aliphatic heterocycles. The van der Waals surface area contributed by atoms with Crippen molar-refractivity contribution in [1.82, 2.24) is 0 Å². The normalized spacial score (nSPS) is 21.4. The number of hydrogen-bond acceptors (Lipinski definition) is 3. The number of nitriles is 2. The highest BCUT2D eigenvalue weighted by molar-refractivity contribution is 5.31. The number of ether oxygens (including phenoxy) is 1. The van der Waals surface area contributed by atoms with Crippen LogP contribution in [0.3, 0.4) is 0 Å². The monoisotopic (exact) mass is 294 g/mol. The molecule has 0 N–H and O–H groups in total. The van der Waals surface area contributed by atoms with E-state index in [0.29, 0.717) is 18.3 Å². The molecule has 2 rings (SSSR count). The van der Waals surface area contributed by atoms with Gasteiger partial charge in [0.2, 0.25) is 0 Å². The Bertz CT molecular complexity index is 555. The summed E-state index contributed by atoms with van der Waals surface area (Å²) in [6.07, 6.45) is 10.8. The van der Waals surface area contributed by atoms with Crippen molar-refractivity contribution in [2.45, 2.75) is 51.2 Å². The highest BCUT2D eigenvalue weighted by atomic mass is 16.5. The summed E-state index contributed by atoms with van der Waals surface area (Å²) < 4.78 is 5.99. The van der Waals surface area contributed by atoms with Crippen LogP contribution < -0.4 is 0 Å². The van der Waals surface area contributed by atoms with Gasteiger partial charge < -0.3 is 4.74 Å². The fourth-order valence-corrected chi connectivity index (χ4v) is 2.94. The summed E-state index contributed by atoms with van der Waals surface area (Å²) in [7, 11) is 0. The highest BCUT2D eigenvalue weighted by Gasteiger charge is 2.21. The molecule has 3 nitrogen and oxygen atoms in total. The molecule has 114 valence electrons. The zero-order valence-electron chi connectivity index (χ0n) is 12.9. The van der Waals surface area contributed by atoms with Gasteiger partial charge in [0.15, 0.2) is 0 Å². The van der Waals surface area contributed by atoms with Crippen molar-refractivity contribution in [2.24, 2.45) is 5.92 Å². The SMILES string of the molecule is N#C/C=C/CCC1CCC(OCc2ccc(C#N)cc2)CC1. The zero-order valence-corrected chi connectivity index (χ0v) is 12.9. The fraction of sp³-hybridized carbons (Fsp3) is 0.474. The average Bonchev–Trinajstić information content (AvgIpc) is 2.58. The number of benzene rings is 1. The quantitative estimate of drug-likeness (QED) is 0.726. The van der Waals surface area contributed by atoms with E-state index in [9.17, 15) is 0 Å². The Morgan fingerprint density at radius 3 is 2.45 bits per heavy atom. The van der Waals surface area contributed by atoms with Gasteiger partial charge in [0.1, 0.15) is 0 Å². The van der Waals surface area contributed by atoms with E-state index in [-0.39, 0.29) is 0 Å². The van der Waals surface area contributed by atoms with Crippen molar-refractivity contribution in [2.75, 3.05) is 0 Å². The van der Waals surface area contributed by atoms with Crippen molar-refractivity contribution >= 4 is 0 Å². The topological polar surface area (TPSA) is 56.8 Å². The van der Waals surface area contributed by atoms with Gasteiger partial charge >= 0.3 is 0 Å². The van der Waals surface area contributed by atoms with Crippen LogP contribution in [0.25, 0.3) is 0 Å². The summed E-state index contributed by atoms with van der Waals surface area (Å²) >= 11 is 0. The van der Waals surface area contributed by atoms with E-state index in [2.05, 4.69) is 6.07 Å². The molecule has 1 aromatic carbocycles. The van der Waals surface area contributed by atoms with Gasteiger partial charge in [0.25, 0.3) is 0 Å². The molecule has 22 heavy (non-hydrogen) atoms. The first-order valence-electron chi connectivity index (χ1n) is 7.97. The van der Waals surface area contributed by atoms with Crippen LogP contribution >= 0.6 is 0 Å². The summed E-state index contributed by atoms with van der Waals surface area (Å²) in [6, 6.07) is 11.8. The molecule has 0 amide bonds. The van der Waals surface area contributed by atoms with E-state index in [0.717, 1.165) is 30.7 Å². The Balaban J connectivity index is 1.66. The van der Waals surface area contributed by atoms with Crippen molar-refractivity contribution < 1.29 is 4.74 Å². The fourth-order valence-electron chi connectivity index (χ4n) is 2.94. The first-order chi connectivity index (χ1) is 10.8. The summed E-state index contributed by atoms with van der Waals surface area (Å²) in [5, 5.41) is 17.2. The van der Waals surface area contributed by atoms with E-state index < -0.39 is 0 Å². The van der Waals surface area contributed by atoms with Gasteiger partial charge in [0, 0.05) is 6.08 Å². The van der Waals surface area contributed by atoms with Gasteiger partial charge in [-0.05, 0) is 62.1 Å². The van der Waals surface area contributed by atoms with Crippen LogP contribution in [-0.4, -0.2) is 6.10 Å². The molecule has 0 saturated heterocycles. The second kappa shape index (κ2) is 9.03. The van der Waals surface area contributed by atoms with Gasteiger partial charge in [-0.1, -0.05) is 18.2 Å². The van der Waals surface area contributed by atoms with E-state index in [4.69, 9.17) is 15.3 Å². The molecule has 0 radical (unpaired) electrons. The standard InChI is InChI=1S/C19H22N2O/c20-13-3-1-2-4-16-9-11-19(12-10-16)22-15-18-7-5-17(14-21)6-8-18/h1,3,5-8,16,19H,2,4,9-12,15H2/b3-1+. The second-order valence-corrected chi connectivity index (χ2v) is 5.87.